The molecule has 1 aromatic heterocycles. The third kappa shape index (κ3) is 4.93. The second-order valence-electron chi connectivity index (χ2n) is 9.17. The summed E-state index contributed by atoms with van der Waals surface area (Å²) in [5.74, 6) is 0. The van der Waals surface area contributed by atoms with Gasteiger partial charge < -0.3 is 21.3 Å². The van der Waals surface area contributed by atoms with Gasteiger partial charge in [-0.05, 0) is 51.7 Å². The van der Waals surface area contributed by atoms with Gasteiger partial charge >= 0.3 is 0 Å². The summed E-state index contributed by atoms with van der Waals surface area (Å²) in [4.78, 5) is 5.06. The third-order valence-corrected chi connectivity index (χ3v) is 7.08. The van der Waals surface area contributed by atoms with Gasteiger partial charge in [0, 0.05) is 49.3 Å². The molecule has 1 aliphatic heterocycles. The van der Waals surface area contributed by atoms with Crippen LogP contribution in [-0.2, 0) is 0 Å². The molecule has 2 fully saturated rings. The molecule has 2 aliphatic carbocycles. The van der Waals surface area contributed by atoms with Gasteiger partial charge in [-0.25, -0.2) is 0 Å². The highest BCUT2D eigenvalue weighted by molar-refractivity contribution is 5.17. The molecule has 3 aliphatic rings. The van der Waals surface area contributed by atoms with Gasteiger partial charge in [0.2, 0.25) is 0 Å². The van der Waals surface area contributed by atoms with Crippen LogP contribution in [0.5, 0.6) is 0 Å². The van der Waals surface area contributed by atoms with Crippen LogP contribution in [0.3, 0.4) is 0 Å². The molecule has 6 atom stereocenters. The SMILES string of the molecule is C[C@@H]1N[C@@H]2CCCC[C@@H]2NCCN[C@H]2CCCC[C@@H]2N[C@H](C)c2cccc1n2. The van der Waals surface area contributed by atoms with Crippen LogP contribution in [0.2, 0.25) is 0 Å². The highest BCUT2D eigenvalue weighted by atomic mass is 15.1. The zero-order valence-corrected chi connectivity index (χ0v) is 17.7. The Balaban J connectivity index is 1.56. The third-order valence-electron chi connectivity index (χ3n) is 7.08. The molecule has 4 N–H and O–H groups in total. The molecule has 2 saturated carbocycles. The Morgan fingerprint density at radius 1 is 0.679 bits per heavy atom. The van der Waals surface area contributed by atoms with Crippen LogP contribution in [0.15, 0.2) is 18.2 Å². The van der Waals surface area contributed by atoms with E-state index in [4.69, 9.17) is 4.98 Å². The van der Waals surface area contributed by atoms with Crippen LogP contribution in [0, 0.1) is 0 Å². The van der Waals surface area contributed by atoms with Crippen molar-refractivity contribution in [1.29, 1.82) is 0 Å². The molecule has 0 amide bonds. The average Bonchev–Trinajstić information content (AvgIpc) is 2.73. The van der Waals surface area contributed by atoms with E-state index in [2.05, 4.69) is 53.3 Å². The summed E-state index contributed by atoms with van der Waals surface area (Å²) >= 11 is 0. The number of pyridine rings is 1. The van der Waals surface area contributed by atoms with E-state index in [9.17, 15) is 0 Å². The summed E-state index contributed by atoms with van der Waals surface area (Å²) in [5.41, 5.74) is 2.34. The number of hydrogen-bond acceptors (Lipinski definition) is 5. The van der Waals surface area contributed by atoms with Crippen LogP contribution >= 0.6 is 0 Å². The largest absolute Gasteiger partial charge is 0.311 e. The van der Waals surface area contributed by atoms with Gasteiger partial charge in [0.05, 0.1) is 11.4 Å². The van der Waals surface area contributed by atoms with Gasteiger partial charge in [-0.15, -0.1) is 0 Å². The molecule has 2 bridgehead atoms. The standard InChI is InChI=1S/C23H39N5/c1-16-18-12-7-13-19(28-18)17(2)27-23-11-6-4-9-21(23)25-15-14-24-20-8-3-5-10-22(20)26-16/h7,12-13,16-17,20-27H,3-6,8-11,14-15H2,1-2H3/t16-,17+,20-,21-,22+,23-/m0/s1. The molecule has 5 heteroatoms. The van der Waals surface area contributed by atoms with Crippen molar-refractivity contribution in [2.24, 2.45) is 0 Å². The molecule has 0 spiro atoms. The van der Waals surface area contributed by atoms with E-state index >= 15 is 0 Å². The van der Waals surface area contributed by atoms with Crippen molar-refractivity contribution in [3.8, 4) is 0 Å². The van der Waals surface area contributed by atoms with Crippen LogP contribution in [0.4, 0.5) is 0 Å². The van der Waals surface area contributed by atoms with Crippen LogP contribution in [0.25, 0.3) is 0 Å². The molecule has 2 heterocycles. The maximum Gasteiger partial charge on any atom is 0.0574 e. The lowest BCUT2D eigenvalue weighted by Crippen LogP contribution is -2.54. The maximum atomic E-state index is 5.06. The highest BCUT2D eigenvalue weighted by Crippen LogP contribution is 2.24. The summed E-state index contributed by atoms with van der Waals surface area (Å²) in [6.07, 6.45) is 10.4. The highest BCUT2D eigenvalue weighted by Gasteiger charge is 2.29. The molecule has 4 rings (SSSR count). The normalized spacial score (nSPS) is 37.8. The van der Waals surface area contributed by atoms with Gasteiger partial charge in [-0.1, -0.05) is 31.7 Å². The van der Waals surface area contributed by atoms with Crippen LogP contribution in [0.1, 0.15) is 88.7 Å². The molecule has 0 radical (unpaired) electrons. The van der Waals surface area contributed by atoms with Crippen molar-refractivity contribution in [2.75, 3.05) is 13.1 Å². The minimum absolute atomic E-state index is 0.283. The van der Waals surface area contributed by atoms with E-state index in [0.29, 0.717) is 24.2 Å². The zero-order valence-electron chi connectivity index (χ0n) is 17.7. The summed E-state index contributed by atoms with van der Waals surface area (Å²) < 4.78 is 0. The number of hydrogen-bond donors (Lipinski definition) is 4. The quantitative estimate of drug-likeness (QED) is 0.552. The Morgan fingerprint density at radius 3 is 1.57 bits per heavy atom. The first-order chi connectivity index (χ1) is 13.7. The minimum Gasteiger partial charge on any atom is -0.311 e. The Bertz CT molecular complexity index is 572. The Kier molecular flexibility index (Phi) is 6.99. The molecule has 1 aromatic rings. The van der Waals surface area contributed by atoms with Crippen molar-refractivity contribution in [1.82, 2.24) is 26.3 Å². The van der Waals surface area contributed by atoms with Crippen LogP contribution < -0.4 is 21.3 Å². The molecule has 5 nitrogen and oxygen atoms in total. The van der Waals surface area contributed by atoms with E-state index in [1.54, 1.807) is 0 Å². The lowest BCUT2D eigenvalue weighted by Gasteiger charge is -2.36. The predicted molar refractivity (Wildman–Crippen MR) is 115 cm³/mol. The number of nitrogens with one attached hydrogen (secondary N) is 4. The first kappa shape index (κ1) is 20.3. The van der Waals surface area contributed by atoms with E-state index in [-0.39, 0.29) is 12.1 Å². The fourth-order valence-electron chi connectivity index (χ4n) is 5.43. The topological polar surface area (TPSA) is 61.0 Å². The second kappa shape index (κ2) is 9.66. The van der Waals surface area contributed by atoms with E-state index < -0.39 is 0 Å². The maximum absolute atomic E-state index is 5.06. The summed E-state index contributed by atoms with van der Waals surface area (Å²) in [6.45, 7) is 6.66. The number of fused-ring (bicyclic) bond motifs is 4. The van der Waals surface area contributed by atoms with Crippen LogP contribution in [-0.4, -0.2) is 42.2 Å². The van der Waals surface area contributed by atoms with Crippen molar-refractivity contribution in [3.63, 3.8) is 0 Å². The molecular weight excluding hydrogens is 346 g/mol. The lowest BCUT2D eigenvalue weighted by molar-refractivity contribution is 0.254. The number of nitrogens with zero attached hydrogens (tertiary/aromatic N) is 1. The smallest absolute Gasteiger partial charge is 0.0574 e. The average molecular weight is 386 g/mol. The van der Waals surface area contributed by atoms with Crippen molar-refractivity contribution in [3.05, 3.63) is 29.6 Å². The zero-order chi connectivity index (χ0) is 19.3. The van der Waals surface area contributed by atoms with Gasteiger partial charge in [0.1, 0.15) is 0 Å². The van der Waals surface area contributed by atoms with Crippen molar-refractivity contribution >= 4 is 0 Å². The fourth-order valence-corrected chi connectivity index (χ4v) is 5.43. The monoisotopic (exact) mass is 385 g/mol. The predicted octanol–water partition coefficient (Wildman–Crippen LogP) is 3.20. The second-order valence-corrected chi connectivity index (χ2v) is 9.17. The molecule has 0 unspecified atom stereocenters. The van der Waals surface area contributed by atoms with Gasteiger partial charge in [0.25, 0.3) is 0 Å². The Labute approximate surface area is 170 Å². The van der Waals surface area contributed by atoms with Crippen molar-refractivity contribution < 1.29 is 0 Å². The first-order valence-electron chi connectivity index (χ1n) is 11.7. The van der Waals surface area contributed by atoms with E-state index in [0.717, 1.165) is 13.1 Å². The van der Waals surface area contributed by atoms with Gasteiger partial charge in [-0.3, -0.25) is 4.98 Å². The molecule has 0 aromatic carbocycles. The summed E-state index contributed by atoms with van der Waals surface area (Å²) in [6, 6.07) is 9.34. The molecule has 28 heavy (non-hydrogen) atoms. The summed E-state index contributed by atoms with van der Waals surface area (Å²) in [5, 5.41) is 15.5. The summed E-state index contributed by atoms with van der Waals surface area (Å²) in [7, 11) is 0. The Hall–Kier alpha value is -1.01. The lowest BCUT2D eigenvalue weighted by atomic mass is 9.89. The first-order valence-corrected chi connectivity index (χ1v) is 11.7. The van der Waals surface area contributed by atoms with E-state index in [1.807, 2.05) is 0 Å². The molecular formula is C23H39N5. The Morgan fingerprint density at radius 2 is 1.11 bits per heavy atom. The number of rotatable bonds is 0. The fraction of sp³-hybridized carbons (Fsp3) is 0.783. The number of aromatic nitrogens is 1. The van der Waals surface area contributed by atoms with E-state index in [1.165, 1.54) is 62.8 Å². The van der Waals surface area contributed by atoms with Gasteiger partial charge in [0.15, 0.2) is 0 Å². The minimum atomic E-state index is 0.283. The van der Waals surface area contributed by atoms with Crippen molar-refractivity contribution in [2.45, 2.75) is 101 Å². The van der Waals surface area contributed by atoms with Gasteiger partial charge in [-0.2, -0.15) is 0 Å². The molecule has 156 valence electrons. The molecule has 0 saturated heterocycles.